The van der Waals surface area contributed by atoms with Crippen molar-refractivity contribution in [2.75, 3.05) is 53.7 Å². The second kappa shape index (κ2) is 55.7. The number of ether oxygens (including phenoxy) is 6. The number of aromatic amines is 4. The van der Waals surface area contributed by atoms with Crippen molar-refractivity contribution in [1.82, 2.24) is 35.1 Å². The maximum absolute atomic E-state index is 15.7. The second-order valence-corrected chi connectivity index (χ2v) is 40.2. The Morgan fingerprint density at radius 1 is 0.470 bits per heavy atom. The van der Waals surface area contributed by atoms with Crippen LogP contribution >= 0.6 is 73.9 Å². The van der Waals surface area contributed by atoms with E-state index in [-0.39, 0.29) is 99.6 Å². The van der Waals surface area contributed by atoms with Crippen molar-refractivity contribution in [2.45, 2.75) is 195 Å². The van der Waals surface area contributed by atoms with Gasteiger partial charge in [0.05, 0.1) is 68.8 Å². The predicted molar refractivity (Wildman–Crippen MR) is 586 cm³/mol. The van der Waals surface area contributed by atoms with Gasteiger partial charge in [-0.15, -0.1) is 0 Å². The molecule has 0 unspecified atom stereocenters. The van der Waals surface area contributed by atoms with Crippen LogP contribution in [-0.4, -0.2) is 160 Å². The number of benzene rings is 9. The SMILES string of the molecule is C=CC(=O)OCC.CCC(C)(C)F.CCOC(=O)/C=C/c1cc(F)c(OC)c(Cl)c1.CCOC(=O)/C=C/c1cc(F)c([C@@H]2c3[nH]c4ccccc4c3C[C@@H](C)N2CC(C)(C)F)c(Cl)c1.CCOC(=O)/C=C/c1cc(F)c([C@H]2N[C@H](C)Cc3c2[nH]c2ccccc32)c(Cl)c1.COc1c(F)cc(Br)cc1Cl.C[C@@H](N)Cc1c[nH]c2ccccc12.C[C@@H]1Cc2c([nH]c3ccccc23)[C@@H](c2c(F)cc(/C=C/C(=O)O)cc2Cl)N1CC(C)(C)F. The highest BCUT2D eigenvalue weighted by molar-refractivity contribution is 9.10. The first-order valence-corrected chi connectivity index (χ1v) is 51.0. The Balaban J connectivity index is 0.000000200. The lowest BCUT2D eigenvalue weighted by Gasteiger charge is -2.43. The average molecular weight is 2220 g/mol. The molecule has 0 radical (unpaired) electrons. The molecule has 9 aromatic carbocycles. The van der Waals surface area contributed by atoms with E-state index in [4.69, 9.17) is 92.5 Å². The zero-order chi connectivity index (χ0) is 110. The average Bonchev–Trinajstić information content (AvgIpc) is 1.59. The lowest BCUT2D eigenvalue weighted by molar-refractivity contribution is -0.138. The van der Waals surface area contributed by atoms with E-state index >= 15 is 13.2 Å². The number of carboxylic acids is 1. The van der Waals surface area contributed by atoms with Gasteiger partial charge in [0.15, 0.2) is 23.1 Å². The van der Waals surface area contributed by atoms with E-state index < -0.39 is 82.1 Å². The highest BCUT2D eigenvalue weighted by Gasteiger charge is 2.43. The molecule has 0 bridgehead atoms. The van der Waals surface area contributed by atoms with Gasteiger partial charge in [0.1, 0.15) is 34.5 Å². The van der Waals surface area contributed by atoms with Crippen LogP contribution in [0.2, 0.25) is 25.1 Å². The number of carbonyl (C=O) groups is 5. The van der Waals surface area contributed by atoms with Crippen LogP contribution in [-0.2, 0) is 68.6 Å². The number of fused-ring (bicyclic) bond motifs is 10. The van der Waals surface area contributed by atoms with Gasteiger partial charge in [-0.3, -0.25) is 9.80 Å². The van der Waals surface area contributed by atoms with E-state index in [1.807, 2.05) is 116 Å². The number of halogens is 14. The van der Waals surface area contributed by atoms with E-state index in [9.17, 15) is 45.9 Å². The van der Waals surface area contributed by atoms with E-state index in [1.54, 1.807) is 65.8 Å². The van der Waals surface area contributed by atoms with Crippen molar-refractivity contribution in [3.05, 3.63) is 338 Å². The van der Waals surface area contributed by atoms with Gasteiger partial charge in [-0.1, -0.05) is 160 Å². The van der Waals surface area contributed by atoms with Crippen molar-refractivity contribution in [2.24, 2.45) is 5.73 Å². The summed E-state index contributed by atoms with van der Waals surface area (Å²) in [6, 6.07) is 45.4. The van der Waals surface area contributed by atoms with Crippen LogP contribution in [0.3, 0.4) is 0 Å². The third-order valence-electron chi connectivity index (χ3n) is 23.8. The molecule has 0 saturated heterocycles. The van der Waals surface area contributed by atoms with Crippen LogP contribution in [0.4, 0.5) is 35.1 Å². The highest BCUT2D eigenvalue weighted by atomic mass is 79.9. The number of aliphatic carboxylic acids is 1. The molecule has 13 aromatic rings. The number of hydrogen-bond donors (Lipinski definition) is 7. The molecule has 0 aliphatic carbocycles. The summed E-state index contributed by atoms with van der Waals surface area (Å²) in [5, 5.41) is 18.0. The Bertz CT molecular complexity index is 6850. The zero-order valence-corrected chi connectivity index (χ0v) is 91.4. The molecule has 16 rings (SSSR count). The number of para-hydroxylation sites is 4. The zero-order valence-electron chi connectivity index (χ0n) is 86.0. The van der Waals surface area contributed by atoms with Gasteiger partial charge in [0.25, 0.3) is 0 Å². The Morgan fingerprint density at radius 2 is 0.805 bits per heavy atom. The first-order valence-electron chi connectivity index (χ1n) is 48.3. The van der Waals surface area contributed by atoms with E-state index in [2.05, 4.69) is 83.7 Å². The molecule has 3 aliphatic heterocycles. The number of rotatable bonds is 25. The minimum absolute atomic E-state index is 0.0139. The quantitative estimate of drug-likeness (QED) is 0.0121. The van der Waals surface area contributed by atoms with Gasteiger partial charge in [0.2, 0.25) is 0 Å². The second-order valence-electron chi connectivity index (χ2n) is 37.2. The van der Waals surface area contributed by atoms with Gasteiger partial charge in [-0.2, -0.15) is 0 Å². The summed E-state index contributed by atoms with van der Waals surface area (Å²) in [5.41, 5.74) is 15.9. The molecule has 7 atom stereocenters. The fraction of sp³-hybridized carbons (Fsp3) is 0.330. The number of esters is 4. The normalized spacial score (nSPS) is 16.2. The van der Waals surface area contributed by atoms with Crippen molar-refractivity contribution in [1.29, 1.82) is 0 Å². The summed E-state index contributed by atoms with van der Waals surface area (Å²) in [4.78, 5) is 72.6. The van der Waals surface area contributed by atoms with Gasteiger partial charge in [-0.05, 0) is 283 Å². The molecule has 4 aromatic heterocycles. The molecule has 0 amide bonds. The molecule has 0 fully saturated rings. The largest absolute Gasteiger partial charge is 0.492 e. The Morgan fingerprint density at radius 3 is 1.15 bits per heavy atom. The van der Waals surface area contributed by atoms with Crippen molar-refractivity contribution < 1.29 is 92.6 Å². The number of carbonyl (C=O) groups excluding carboxylic acids is 4. The molecule has 34 heteroatoms. The van der Waals surface area contributed by atoms with Crippen molar-refractivity contribution in [3.8, 4) is 11.5 Å². The summed E-state index contributed by atoms with van der Waals surface area (Å²) in [5.74, 6) is -5.44. The van der Waals surface area contributed by atoms with Crippen LogP contribution in [0.25, 0.3) is 67.9 Å². The summed E-state index contributed by atoms with van der Waals surface area (Å²) < 4.78 is 143. The molecule has 8 N–H and O–H groups in total. The van der Waals surface area contributed by atoms with E-state index in [0.29, 0.717) is 75.4 Å². The number of methoxy groups -OCH3 is 2. The van der Waals surface area contributed by atoms with Gasteiger partial charge in [-0.25, -0.2) is 59.1 Å². The van der Waals surface area contributed by atoms with E-state index in [1.165, 1.54) is 143 Å². The minimum Gasteiger partial charge on any atom is -0.492 e. The fourth-order valence-electron chi connectivity index (χ4n) is 17.2. The summed E-state index contributed by atoms with van der Waals surface area (Å²) >= 11 is 34.3. The highest BCUT2D eigenvalue weighted by Crippen LogP contribution is 2.49. The molecule has 796 valence electrons. The Labute approximate surface area is 897 Å². The van der Waals surface area contributed by atoms with Gasteiger partial charge >= 0.3 is 29.8 Å². The van der Waals surface area contributed by atoms with Crippen molar-refractivity contribution in [3.63, 3.8) is 0 Å². The van der Waals surface area contributed by atoms with Crippen LogP contribution in [0.5, 0.6) is 11.5 Å². The third kappa shape index (κ3) is 34.0. The summed E-state index contributed by atoms with van der Waals surface area (Å²) in [6.45, 7) is 30.8. The number of nitrogens with one attached hydrogen (secondary N) is 5. The fourth-order valence-corrected chi connectivity index (χ4v) is 19.3. The smallest absolute Gasteiger partial charge is 0.330 e. The molecule has 7 heterocycles. The molecule has 0 saturated carbocycles. The summed E-state index contributed by atoms with van der Waals surface area (Å²) in [7, 11) is 2.70. The monoisotopic (exact) mass is 2220 g/mol. The molecular formula is C115H126BrCl5F8N8O12. The maximum atomic E-state index is 15.7. The number of alkyl halides is 3. The molecule has 20 nitrogen and oxygen atoms in total. The number of H-pyrrole nitrogens is 4. The van der Waals surface area contributed by atoms with Gasteiger partial charge < -0.3 is 64.5 Å². The molecular weight excluding hydrogens is 2090 g/mol. The first-order chi connectivity index (χ1) is 70.5. The van der Waals surface area contributed by atoms with Crippen LogP contribution in [0.15, 0.2) is 205 Å². The van der Waals surface area contributed by atoms with Crippen LogP contribution in [0, 0.1) is 29.1 Å². The number of nitrogens with zero attached hydrogens (tertiary/aromatic N) is 2. The lowest BCUT2D eigenvalue weighted by atomic mass is 9.87. The molecule has 0 spiro atoms. The maximum Gasteiger partial charge on any atom is 0.330 e. The number of nitrogens with two attached hydrogens (primary N) is 1. The Kier molecular flexibility index (Phi) is 45.0. The third-order valence-corrected chi connectivity index (χ3v) is 25.8. The lowest BCUT2D eigenvalue weighted by Crippen LogP contribution is -2.48. The topological polar surface area (TPSA) is 269 Å². The molecule has 149 heavy (non-hydrogen) atoms. The molecule has 3 aliphatic rings. The van der Waals surface area contributed by atoms with Crippen LogP contribution in [0.1, 0.15) is 207 Å². The predicted octanol–water partition coefficient (Wildman–Crippen LogP) is 29.2. The summed E-state index contributed by atoms with van der Waals surface area (Å²) in [6.07, 6.45) is 17.3. The number of hydrogen-bond acceptors (Lipinski definition) is 15. The van der Waals surface area contributed by atoms with Gasteiger partial charge in [0, 0.05) is 171 Å². The van der Waals surface area contributed by atoms with Crippen LogP contribution < -0.4 is 20.5 Å². The van der Waals surface area contributed by atoms with E-state index in [0.717, 1.165) is 85.9 Å². The number of carboxylic acid groups (broad SMARTS) is 1. The van der Waals surface area contributed by atoms with Crippen molar-refractivity contribution >= 4 is 172 Å². The number of aromatic nitrogens is 4. The standard InChI is InChI=1S/C27H29ClF2N2O2.C25H25ClF2N2O2.C23H22ClFN2O2.C12H12ClFO3.C11H14N2.C7H5BrClFO.C5H11F.C5H8O2/c1-5-34-23(33)11-10-17-13-20(28)24(21(29)14-17)26-25-19(18-8-6-7-9-22(18)31-25)12-16(2)32(26)15-27(3,4)30;1-14-10-17-16-6-4-5-7-20(16)29-23(17)24(30(14)13-25(2,3)28)22-18(26)11-15(12-19(22)27)8-9-21(31)32;1-3-29-20(28)9-8-14-11-17(24)21(18(25)12-14)23-22-16(10-13(2)26-23)15-6-4-5-7-19(15)27-22;1-3-17-11(15)5-4-8-6-9(13)12(16-2)10(14)7-8;1-8(12)6-9-7-13-11-5-3-2-4-10(9)11;1-11-7-5(9)2-4(8)3-6(7)10;1-4-5(2,3)6;1-3-5(6)7-4-2/h6-11,13-14,16,26,31H,5,12,15H2,1-4H3;4-9,11-12,14,24,29H,10,13H2,1-3H3,(H,31,32);4-9,11-13,23,26-27H,3,10H2,1-2H3;4-7H,3H2,1-2H3;2-5,7-8,13H,6,12H2,1H3;2-3H,1H3;4H2,1-3H3;3H,1,4H2,2H3/b11-10+;2*9-8+;5-4+;;;;/t16-,26-;14-,24-;13-,23-;;8-;;;/m111.1.../s1. The minimum atomic E-state index is -1.50. The first kappa shape index (κ1) is 121. The Hall–Kier alpha value is -12.0.